The second kappa shape index (κ2) is 5.00. The SMILES string of the molecule is CC(=O)CC(=O)O.CC1(C)C2CCC1(C)C(O)C2. The van der Waals surface area contributed by atoms with Crippen molar-refractivity contribution in [3.05, 3.63) is 0 Å². The quantitative estimate of drug-likeness (QED) is 0.743. The van der Waals surface area contributed by atoms with Crippen molar-refractivity contribution >= 4 is 11.8 Å². The zero-order chi connectivity index (χ0) is 14.1. The van der Waals surface area contributed by atoms with Gasteiger partial charge in [-0.25, -0.2) is 0 Å². The third-order valence-corrected chi connectivity index (χ3v) is 5.15. The van der Waals surface area contributed by atoms with Crippen molar-refractivity contribution in [1.29, 1.82) is 0 Å². The smallest absolute Gasteiger partial charge is 0.310 e. The maximum atomic E-state index is 9.87. The summed E-state index contributed by atoms with van der Waals surface area (Å²) in [6.07, 6.45) is 3.21. The van der Waals surface area contributed by atoms with Gasteiger partial charge in [-0.1, -0.05) is 20.8 Å². The van der Waals surface area contributed by atoms with Gasteiger partial charge in [-0.3, -0.25) is 9.59 Å². The summed E-state index contributed by atoms with van der Waals surface area (Å²) >= 11 is 0. The Balaban J connectivity index is 0.000000203. The molecule has 0 aromatic carbocycles. The van der Waals surface area contributed by atoms with E-state index in [-0.39, 0.29) is 23.7 Å². The van der Waals surface area contributed by atoms with Crippen LogP contribution in [-0.4, -0.2) is 28.1 Å². The number of carboxylic acids is 1. The van der Waals surface area contributed by atoms with Gasteiger partial charge in [0.1, 0.15) is 12.2 Å². The summed E-state index contributed by atoms with van der Waals surface area (Å²) in [7, 11) is 0. The summed E-state index contributed by atoms with van der Waals surface area (Å²) in [4.78, 5) is 19.5. The van der Waals surface area contributed by atoms with Crippen molar-refractivity contribution in [2.75, 3.05) is 0 Å². The first kappa shape index (κ1) is 15.2. The molecule has 3 unspecified atom stereocenters. The fourth-order valence-electron chi connectivity index (χ4n) is 3.37. The van der Waals surface area contributed by atoms with Crippen molar-refractivity contribution in [1.82, 2.24) is 0 Å². The number of Topliss-reactive ketones (excluding diaryl/α,β-unsaturated/α-hetero) is 1. The van der Waals surface area contributed by atoms with Gasteiger partial charge in [0.05, 0.1) is 6.10 Å². The Morgan fingerprint density at radius 1 is 1.28 bits per heavy atom. The molecule has 0 radical (unpaired) electrons. The molecule has 2 N–H and O–H groups in total. The second-order valence-corrected chi connectivity index (χ2v) is 6.40. The maximum Gasteiger partial charge on any atom is 0.310 e. The lowest BCUT2D eigenvalue weighted by Gasteiger charge is -2.36. The van der Waals surface area contributed by atoms with Crippen LogP contribution in [0.5, 0.6) is 0 Å². The third kappa shape index (κ3) is 2.58. The molecule has 0 amide bonds. The fourth-order valence-corrected chi connectivity index (χ4v) is 3.37. The molecular weight excluding hydrogens is 232 g/mol. The van der Waals surface area contributed by atoms with Gasteiger partial charge in [0.15, 0.2) is 0 Å². The summed E-state index contributed by atoms with van der Waals surface area (Å²) in [5.74, 6) is -0.595. The molecule has 2 aliphatic rings. The van der Waals surface area contributed by atoms with Crippen molar-refractivity contribution in [2.45, 2.75) is 59.5 Å². The molecule has 0 spiro atoms. The molecule has 0 aromatic heterocycles. The fraction of sp³-hybridized carbons (Fsp3) is 0.857. The van der Waals surface area contributed by atoms with Gasteiger partial charge in [0, 0.05) is 0 Å². The molecular formula is C14H24O4. The highest BCUT2D eigenvalue weighted by molar-refractivity contribution is 5.93. The molecule has 2 fully saturated rings. The first-order valence-electron chi connectivity index (χ1n) is 6.50. The van der Waals surface area contributed by atoms with Crippen LogP contribution in [0.15, 0.2) is 0 Å². The van der Waals surface area contributed by atoms with E-state index in [0.29, 0.717) is 5.41 Å². The molecule has 2 aliphatic carbocycles. The van der Waals surface area contributed by atoms with Crippen molar-refractivity contribution in [3.8, 4) is 0 Å². The molecule has 4 nitrogen and oxygen atoms in total. The molecule has 2 bridgehead atoms. The Hall–Kier alpha value is -0.900. The molecule has 3 atom stereocenters. The molecule has 0 heterocycles. The number of aliphatic carboxylic acids is 1. The number of carbonyl (C=O) groups is 2. The average molecular weight is 256 g/mol. The lowest BCUT2D eigenvalue weighted by atomic mass is 9.70. The molecule has 2 saturated carbocycles. The monoisotopic (exact) mass is 256 g/mol. The minimum atomic E-state index is -1.06. The second-order valence-electron chi connectivity index (χ2n) is 6.40. The van der Waals surface area contributed by atoms with Crippen molar-refractivity contribution < 1.29 is 19.8 Å². The maximum absolute atomic E-state index is 9.87. The standard InChI is InChI=1S/C10H18O.C4H6O3/c1-9(2)7-4-5-10(9,3)8(11)6-7;1-3(5)2-4(6)7/h7-8,11H,4-6H2,1-3H3;2H2,1H3,(H,6,7). The predicted octanol–water partition coefficient (Wildman–Crippen LogP) is 2.24. The Morgan fingerprint density at radius 2 is 1.83 bits per heavy atom. The summed E-state index contributed by atoms with van der Waals surface area (Å²) in [6.45, 7) is 8.14. The van der Waals surface area contributed by atoms with E-state index in [9.17, 15) is 14.7 Å². The van der Waals surface area contributed by atoms with Crippen LogP contribution < -0.4 is 0 Å². The van der Waals surface area contributed by atoms with Crippen LogP contribution in [0.25, 0.3) is 0 Å². The molecule has 2 rings (SSSR count). The molecule has 4 heteroatoms. The van der Waals surface area contributed by atoms with Crippen LogP contribution in [0.2, 0.25) is 0 Å². The van der Waals surface area contributed by atoms with Gasteiger partial charge >= 0.3 is 5.97 Å². The lowest BCUT2D eigenvalue weighted by Crippen LogP contribution is -2.35. The Kier molecular flexibility index (Phi) is 4.21. The Bertz CT molecular complexity index is 336. The van der Waals surface area contributed by atoms with Gasteiger partial charge in [-0.05, 0) is 42.9 Å². The number of carbonyl (C=O) groups excluding carboxylic acids is 1. The Labute approximate surface area is 108 Å². The topological polar surface area (TPSA) is 74.6 Å². The van der Waals surface area contributed by atoms with Crippen LogP contribution in [0.3, 0.4) is 0 Å². The van der Waals surface area contributed by atoms with E-state index in [2.05, 4.69) is 20.8 Å². The van der Waals surface area contributed by atoms with E-state index in [1.807, 2.05) is 0 Å². The first-order valence-corrected chi connectivity index (χ1v) is 6.50. The van der Waals surface area contributed by atoms with Gasteiger partial charge in [0.25, 0.3) is 0 Å². The van der Waals surface area contributed by atoms with Gasteiger partial charge in [-0.15, -0.1) is 0 Å². The van der Waals surface area contributed by atoms with E-state index in [1.54, 1.807) is 0 Å². The summed E-state index contributed by atoms with van der Waals surface area (Å²) in [5.41, 5.74) is 0.601. The van der Waals surface area contributed by atoms with E-state index in [4.69, 9.17) is 5.11 Å². The van der Waals surface area contributed by atoms with Crippen LogP contribution >= 0.6 is 0 Å². The number of carboxylic acid groups (broad SMARTS) is 1. The predicted molar refractivity (Wildman–Crippen MR) is 68.2 cm³/mol. The number of aliphatic hydroxyl groups excluding tert-OH is 1. The highest BCUT2D eigenvalue weighted by Crippen LogP contribution is 2.65. The van der Waals surface area contributed by atoms with Crippen LogP contribution in [0, 0.1) is 16.7 Å². The van der Waals surface area contributed by atoms with Crippen molar-refractivity contribution in [2.24, 2.45) is 16.7 Å². The third-order valence-electron chi connectivity index (χ3n) is 5.15. The largest absolute Gasteiger partial charge is 0.481 e. The molecule has 0 saturated heterocycles. The molecule has 0 aromatic rings. The number of rotatable bonds is 2. The van der Waals surface area contributed by atoms with Gasteiger partial charge in [-0.2, -0.15) is 0 Å². The molecule has 104 valence electrons. The summed E-state index contributed by atoms with van der Waals surface area (Å²) in [6, 6.07) is 0. The van der Waals surface area contributed by atoms with Crippen LogP contribution in [0.1, 0.15) is 53.4 Å². The molecule has 0 aliphatic heterocycles. The van der Waals surface area contributed by atoms with Crippen LogP contribution in [0.4, 0.5) is 0 Å². The number of fused-ring (bicyclic) bond motifs is 2. The van der Waals surface area contributed by atoms with Gasteiger partial charge in [0.2, 0.25) is 0 Å². The highest BCUT2D eigenvalue weighted by atomic mass is 16.4. The number of hydrogen-bond acceptors (Lipinski definition) is 3. The summed E-state index contributed by atoms with van der Waals surface area (Å²) in [5, 5.41) is 17.7. The van der Waals surface area contributed by atoms with Crippen molar-refractivity contribution in [3.63, 3.8) is 0 Å². The number of hydrogen-bond donors (Lipinski definition) is 2. The number of aliphatic hydroxyl groups is 1. The van der Waals surface area contributed by atoms with Gasteiger partial charge < -0.3 is 10.2 Å². The Morgan fingerprint density at radius 3 is 1.94 bits per heavy atom. The zero-order valence-corrected chi connectivity index (χ0v) is 11.7. The minimum Gasteiger partial charge on any atom is -0.481 e. The van der Waals surface area contributed by atoms with Crippen LogP contribution in [-0.2, 0) is 9.59 Å². The minimum absolute atomic E-state index is 0.0313. The zero-order valence-electron chi connectivity index (χ0n) is 11.7. The summed E-state index contributed by atoms with van der Waals surface area (Å²) < 4.78 is 0. The van der Waals surface area contributed by atoms with E-state index in [0.717, 1.165) is 12.3 Å². The molecule has 18 heavy (non-hydrogen) atoms. The normalized spacial score (nSPS) is 35.8. The van der Waals surface area contributed by atoms with E-state index in [1.165, 1.54) is 19.8 Å². The highest BCUT2D eigenvalue weighted by Gasteiger charge is 2.60. The average Bonchev–Trinajstić information content (AvgIpc) is 2.49. The first-order chi connectivity index (χ1) is 8.11. The van der Waals surface area contributed by atoms with E-state index >= 15 is 0 Å². The number of ketones is 1. The lowest BCUT2D eigenvalue weighted by molar-refractivity contribution is -0.139. The van der Waals surface area contributed by atoms with E-state index < -0.39 is 5.97 Å².